The van der Waals surface area contributed by atoms with Gasteiger partial charge in [-0.25, -0.2) is 9.79 Å². The third-order valence-electron chi connectivity index (χ3n) is 3.32. The van der Waals surface area contributed by atoms with Crippen LogP contribution in [0, 0.1) is 0 Å². The molecule has 2 rings (SSSR count). The first-order valence-electron chi connectivity index (χ1n) is 5.86. The van der Waals surface area contributed by atoms with E-state index in [1.807, 2.05) is 0 Å². The summed E-state index contributed by atoms with van der Waals surface area (Å²) in [6.07, 6.45) is 1.97. The average Bonchev–Trinajstić information content (AvgIpc) is 3.23. The highest BCUT2D eigenvalue weighted by Gasteiger charge is 2.82. The van der Waals surface area contributed by atoms with Crippen LogP contribution in [-0.4, -0.2) is 37.7 Å². The Bertz CT molecular complexity index is 408. The van der Waals surface area contributed by atoms with Crippen molar-refractivity contribution >= 4 is 20.4 Å². The van der Waals surface area contributed by atoms with Gasteiger partial charge >= 0.3 is 8.32 Å². The summed E-state index contributed by atoms with van der Waals surface area (Å²) in [5.74, 6) is -0.453. The van der Waals surface area contributed by atoms with E-state index in [1.165, 1.54) is 13.0 Å². The second kappa shape index (κ2) is 4.78. The fourth-order valence-corrected chi connectivity index (χ4v) is 6.17. The van der Waals surface area contributed by atoms with Gasteiger partial charge < -0.3 is 4.43 Å². The normalized spacial score (nSPS) is 22.3. The van der Waals surface area contributed by atoms with Crippen molar-refractivity contribution in [2.75, 3.05) is 6.54 Å². The van der Waals surface area contributed by atoms with Gasteiger partial charge in [-0.15, -0.1) is 0 Å². The zero-order valence-electron chi connectivity index (χ0n) is 10.9. The standard InChI is InChI=1S/C10H15NO7Si/c1-8(13)14-19(9(2)15-16-9,10(3)17-18-10)6-4-5-11-7-12/h4-6H2,1-3H3. The molecule has 2 aliphatic rings. The van der Waals surface area contributed by atoms with Crippen molar-refractivity contribution in [1.82, 2.24) is 0 Å². The summed E-state index contributed by atoms with van der Waals surface area (Å²) in [5.41, 5.74) is -2.01. The van der Waals surface area contributed by atoms with Crippen LogP contribution >= 0.6 is 0 Å². The lowest BCUT2D eigenvalue weighted by atomic mass is 10.5. The SMILES string of the molecule is CC(=O)O[Si](CCCN=C=O)(C1(C)OO1)C1(C)OO1. The van der Waals surface area contributed by atoms with Crippen LogP contribution in [0.5, 0.6) is 0 Å². The third-order valence-corrected chi connectivity index (χ3v) is 8.28. The summed E-state index contributed by atoms with van der Waals surface area (Å²) in [6, 6.07) is 0.435. The first-order valence-corrected chi connectivity index (χ1v) is 7.98. The molecule has 0 aromatic heterocycles. The Labute approximate surface area is 110 Å². The summed E-state index contributed by atoms with van der Waals surface area (Å²) in [6.45, 7) is 4.96. The van der Waals surface area contributed by atoms with Crippen LogP contribution in [0.1, 0.15) is 27.2 Å². The summed E-state index contributed by atoms with van der Waals surface area (Å²) in [7, 11) is -3.02. The smallest absolute Gasteiger partial charge is 0.390 e. The molecule has 9 heteroatoms. The summed E-state index contributed by atoms with van der Waals surface area (Å²) >= 11 is 0. The predicted molar refractivity (Wildman–Crippen MR) is 61.1 cm³/mol. The summed E-state index contributed by atoms with van der Waals surface area (Å²) in [5, 5.41) is 0. The van der Waals surface area contributed by atoms with Crippen molar-refractivity contribution in [3.05, 3.63) is 0 Å². The molecule has 0 unspecified atom stereocenters. The van der Waals surface area contributed by atoms with Crippen molar-refractivity contribution in [3.63, 3.8) is 0 Å². The first kappa shape index (κ1) is 14.3. The minimum Gasteiger partial charge on any atom is -0.507 e. The molecule has 0 atom stereocenters. The molecule has 106 valence electrons. The van der Waals surface area contributed by atoms with Crippen LogP contribution in [0.25, 0.3) is 0 Å². The van der Waals surface area contributed by atoms with Gasteiger partial charge in [-0.2, -0.15) is 19.6 Å². The molecule has 0 spiro atoms. The van der Waals surface area contributed by atoms with Crippen LogP contribution < -0.4 is 0 Å². The van der Waals surface area contributed by atoms with E-state index in [1.54, 1.807) is 13.8 Å². The minimum absolute atomic E-state index is 0.283. The molecule has 0 aliphatic carbocycles. The molecule has 2 aliphatic heterocycles. The Kier molecular flexibility index (Phi) is 3.60. The molecule has 2 heterocycles. The lowest BCUT2D eigenvalue weighted by Crippen LogP contribution is -2.63. The van der Waals surface area contributed by atoms with Gasteiger partial charge in [0.25, 0.3) is 16.8 Å². The molecular weight excluding hydrogens is 274 g/mol. The van der Waals surface area contributed by atoms with Crippen molar-refractivity contribution in [3.8, 4) is 0 Å². The van der Waals surface area contributed by atoms with E-state index in [-0.39, 0.29) is 6.54 Å². The molecule has 8 nitrogen and oxygen atoms in total. The quantitative estimate of drug-likeness (QED) is 0.169. The fraction of sp³-hybridized carbons (Fsp3) is 0.800. The number of aliphatic imine (C=N–C) groups is 1. The van der Waals surface area contributed by atoms with E-state index in [4.69, 9.17) is 24.0 Å². The van der Waals surface area contributed by atoms with E-state index >= 15 is 0 Å². The number of carbonyl (C=O) groups is 1. The molecular formula is C10H15NO7Si. The van der Waals surface area contributed by atoms with Crippen molar-refractivity contribution in [2.24, 2.45) is 4.99 Å². The summed E-state index contributed by atoms with van der Waals surface area (Å²) < 4.78 is 5.53. The van der Waals surface area contributed by atoms with Crippen LogP contribution in [0.4, 0.5) is 0 Å². The van der Waals surface area contributed by atoms with Gasteiger partial charge in [-0.3, -0.25) is 4.79 Å². The Morgan fingerprint density at radius 3 is 2.16 bits per heavy atom. The van der Waals surface area contributed by atoms with Gasteiger partial charge in [0, 0.05) is 6.92 Å². The lowest BCUT2D eigenvalue weighted by Gasteiger charge is -2.31. The number of rotatable bonds is 7. The highest BCUT2D eigenvalue weighted by Crippen LogP contribution is 2.54. The highest BCUT2D eigenvalue weighted by molar-refractivity contribution is 6.80. The molecule has 0 N–H and O–H groups in total. The lowest BCUT2D eigenvalue weighted by molar-refractivity contribution is -0.133. The van der Waals surface area contributed by atoms with Gasteiger partial charge in [-0.05, 0) is 26.3 Å². The Balaban J connectivity index is 2.19. The molecule has 2 saturated heterocycles. The minimum atomic E-state index is -3.02. The number of isocyanates is 1. The molecule has 0 saturated carbocycles. The van der Waals surface area contributed by atoms with E-state index < -0.39 is 25.1 Å². The number of carbonyl (C=O) groups excluding carboxylic acids is 2. The molecule has 0 aromatic carbocycles. The maximum atomic E-state index is 11.4. The molecule has 0 aromatic rings. The number of hydrogen-bond acceptors (Lipinski definition) is 8. The Hall–Kier alpha value is -1.09. The zero-order valence-corrected chi connectivity index (χ0v) is 11.9. The van der Waals surface area contributed by atoms with E-state index in [0.29, 0.717) is 12.5 Å². The zero-order chi connectivity index (χ0) is 14.1. The average molecular weight is 289 g/mol. The van der Waals surface area contributed by atoms with E-state index in [9.17, 15) is 9.59 Å². The largest absolute Gasteiger partial charge is 0.507 e. The Morgan fingerprint density at radius 2 is 1.79 bits per heavy atom. The molecule has 2 fully saturated rings. The third kappa shape index (κ3) is 2.48. The van der Waals surface area contributed by atoms with Crippen molar-refractivity contribution in [2.45, 2.75) is 44.1 Å². The van der Waals surface area contributed by atoms with Gasteiger partial charge in [0.1, 0.15) is 0 Å². The van der Waals surface area contributed by atoms with Crippen LogP contribution in [-0.2, 0) is 33.6 Å². The monoisotopic (exact) mass is 289 g/mol. The van der Waals surface area contributed by atoms with Gasteiger partial charge in [0.15, 0.2) is 0 Å². The molecule has 19 heavy (non-hydrogen) atoms. The van der Waals surface area contributed by atoms with Crippen molar-refractivity contribution in [1.29, 1.82) is 0 Å². The fourth-order valence-electron chi connectivity index (χ4n) is 2.20. The van der Waals surface area contributed by atoms with Gasteiger partial charge in [0.2, 0.25) is 6.08 Å². The van der Waals surface area contributed by atoms with Crippen LogP contribution in [0.15, 0.2) is 4.99 Å². The second-order valence-corrected chi connectivity index (χ2v) is 8.90. The van der Waals surface area contributed by atoms with E-state index in [2.05, 4.69) is 4.99 Å². The maximum absolute atomic E-state index is 11.4. The predicted octanol–water partition coefficient (Wildman–Crippen LogP) is 0.655. The van der Waals surface area contributed by atoms with E-state index in [0.717, 1.165) is 0 Å². The second-order valence-electron chi connectivity index (χ2n) is 4.72. The number of hydrogen-bond donors (Lipinski definition) is 0. The number of nitrogens with zero attached hydrogens (tertiary/aromatic N) is 1. The maximum Gasteiger partial charge on any atom is 0.390 e. The first-order chi connectivity index (χ1) is 8.89. The van der Waals surface area contributed by atoms with Gasteiger partial charge in [0.05, 0.1) is 6.54 Å². The van der Waals surface area contributed by atoms with Crippen LogP contribution in [0.2, 0.25) is 6.04 Å². The Morgan fingerprint density at radius 1 is 1.26 bits per heavy atom. The summed E-state index contributed by atoms with van der Waals surface area (Å²) in [4.78, 5) is 44.9. The molecule has 0 radical (unpaired) electrons. The molecule has 0 bridgehead atoms. The van der Waals surface area contributed by atoms with Crippen molar-refractivity contribution < 1.29 is 33.6 Å². The van der Waals surface area contributed by atoms with Gasteiger partial charge in [-0.1, -0.05) is 0 Å². The van der Waals surface area contributed by atoms with Crippen LogP contribution in [0.3, 0.4) is 0 Å². The highest BCUT2D eigenvalue weighted by atomic mass is 28.4. The topological polar surface area (TPSA) is 106 Å². The molecule has 0 amide bonds.